The molecule has 0 atom stereocenters. The summed E-state index contributed by atoms with van der Waals surface area (Å²) < 4.78 is 1.81. The smallest absolute Gasteiger partial charge is 0.271 e. The summed E-state index contributed by atoms with van der Waals surface area (Å²) >= 11 is 1.40. The number of carbonyl (C=O) groups is 1. The van der Waals surface area contributed by atoms with Crippen LogP contribution < -0.4 is 5.32 Å². The monoisotopic (exact) mass is 363 g/mol. The zero-order chi connectivity index (χ0) is 18.1. The molecule has 26 heavy (non-hydrogen) atoms. The quantitative estimate of drug-likeness (QED) is 0.423. The second kappa shape index (κ2) is 6.53. The molecule has 1 aliphatic heterocycles. The summed E-state index contributed by atoms with van der Waals surface area (Å²) in [6.45, 7) is 0. The van der Waals surface area contributed by atoms with Crippen LogP contribution in [0.2, 0.25) is 0 Å². The average molecular weight is 363 g/mol. The number of rotatable bonds is 3. The van der Waals surface area contributed by atoms with E-state index in [1.165, 1.54) is 23.9 Å². The number of hydrogen-bond donors (Lipinski definition) is 1. The molecule has 0 saturated heterocycles. The molecule has 3 aromatic rings. The van der Waals surface area contributed by atoms with Crippen molar-refractivity contribution in [3.8, 4) is 5.69 Å². The normalized spacial score (nSPS) is 14.8. The Morgan fingerprint density at radius 2 is 1.92 bits per heavy atom. The van der Waals surface area contributed by atoms with Crippen LogP contribution in [-0.4, -0.2) is 15.4 Å². The Morgan fingerprint density at radius 3 is 2.77 bits per heavy atom. The van der Waals surface area contributed by atoms with Crippen LogP contribution >= 0.6 is 11.8 Å². The molecule has 0 bridgehead atoms. The fraction of sp³-hybridized carbons (Fsp3) is 0. The lowest BCUT2D eigenvalue weighted by Gasteiger charge is -2.18. The van der Waals surface area contributed by atoms with Gasteiger partial charge in [-0.2, -0.15) is 0 Å². The van der Waals surface area contributed by atoms with Gasteiger partial charge >= 0.3 is 0 Å². The van der Waals surface area contributed by atoms with Crippen LogP contribution in [0.15, 0.2) is 76.7 Å². The summed E-state index contributed by atoms with van der Waals surface area (Å²) in [4.78, 5) is 24.5. The Hall–Kier alpha value is -3.32. The van der Waals surface area contributed by atoms with E-state index in [9.17, 15) is 14.9 Å². The van der Waals surface area contributed by atoms with Gasteiger partial charge < -0.3 is 9.88 Å². The first-order valence-electron chi connectivity index (χ1n) is 7.84. The predicted molar refractivity (Wildman–Crippen MR) is 101 cm³/mol. The summed E-state index contributed by atoms with van der Waals surface area (Å²) in [6, 6.07) is 17.7. The van der Waals surface area contributed by atoms with Crippen LogP contribution in [0.4, 0.5) is 11.4 Å². The maximum Gasteiger partial charge on any atom is 0.271 e. The van der Waals surface area contributed by atoms with Gasteiger partial charge in [-0.15, -0.1) is 0 Å². The zero-order valence-electron chi connectivity index (χ0n) is 13.5. The van der Waals surface area contributed by atoms with Gasteiger partial charge in [-0.1, -0.05) is 30.0 Å². The van der Waals surface area contributed by atoms with Crippen LogP contribution in [0.5, 0.6) is 0 Å². The van der Waals surface area contributed by atoms with Gasteiger partial charge in [0.05, 0.1) is 21.2 Å². The number of hydrogen-bond acceptors (Lipinski definition) is 4. The van der Waals surface area contributed by atoms with Crippen molar-refractivity contribution < 1.29 is 9.72 Å². The van der Waals surface area contributed by atoms with E-state index in [2.05, 4.69) is 5.32 Å². The van der Waals surface area contributed by atoms with E-state index in [1.807, 2.05) is 47.2 Å². The van der Waals surface area contributed by atoms with Crippen molar-refractivity contribution in [1.82, 2.24) is 4.57 Å². The number of nitrogens with zero attached hydrogens (tertiary/aromatic N) is 2. The number of anilines is 1. The maximum absolute atomic E-state index is 12.4. The number of nitrogens with one attached hydrogen (secondary N) is 1. The summed E-state index contributed by atoms with van der Waals surface area (Å²) in [5, 5.41) is 13.9. The summed E-state index contributed by atoms with van der Waals surface area (Å²) in [5.41, 5.74) is 2.25. The minimum atomic E-state index is -0.424. The van der Waals surface area contributed by atoms with Crippen LogP contribution in [0.1, 0.15) is 5.69 Å². The maximum atomic E-state index is 12.4. The average Bonchev–Trinajstić information content (AvgIpc) is 3.10. The molecule has 4 rings (SSSR count). The Morgan fingerprint density at radius 1 is 1.08 bits per heavy atom. The fourth-order valence-electron chi connectivity index (χ4n) is 2.74. The number of nitro benzene ring substituents is 1. The Bertz CT molecular complexity index is 1060. The molecule has 0 fully saturated rings. The minimum absolute atomic E-state index is 0.0218. The highest BCUT2D eigenvalue weighted by Gasteiger charge is 2.21. The summed E-state index contributed by atoms with van der Waals surface area (Å²) in [7, 11) is 0. The minimum Gasteiger partial charge on any atom is -0.320 e. The molecule has 1 amide bonds. The van der Waals surface area contributed by atoms with Crippen LogP contribution in [0, 0.1) is 10.1 Å². The zero-order valence-corrected chi connectivity index (χ0v) is 14.3. The molecule has 7 heteroatoms. The van der Waals surface area contributed by atoms with Gasteiger partial charge in [-0.3, -0.25) is 14.9 Å². The van der Waals surface area contributed by atoms with Gasteiger partial charge in [0.25, 0.3) is 11.6 Å². The topological polar surface area (TPSA) is 77.2 Å². The second-order valence-corrected chi connectivity index (χ2v) is 6.72. The number of carbonyl (C=O) groups excluding carboxylic acids is 1. The number of amides is 1. The molecule has 0 saturated carbocycles. The van der Waals surface area contributed by atoms with E-state index in [-0.39, 0.29) is 11.6 Å². The van der Waals surface area contributed by atoms with Gasteiger partial charge in [0.1, 0.15) is 0 Å². The highest BCUT2D eigenvalue weighted by atomic mass is 32.2. The first-order valence-corrected chi connectivity index (χ1v) is 8.65. The largest absolute Gasteiger partial charge is 0.320 e. The summed E-state index contributed by atoms with van der Waals surface area (Å²) in [5.74, 6) is -0.166. The van der Waals surface area contributed by atoms with Crippen molar-refractivity contribution in [3.63, 3.8) is 0 Å². The lowest BCUT2D eigenvalue weighted by Crippen LogP contribution is -2.17. The van der Waals surface area contributed by atoms with Crippen molar-refractivity contribution in [1.29, 1.82) is 0 Å². The molecule has 6 nitrogen and oxygen atoms in total. The van der Waals surface area contributed by atoms with Gasteiger partial charge in [-0.05, 0) is 36.4 Å². The number of fused-ring (bicyclic) bond motifs is 1. The molecule has 0 aliphatic carbocycles. The van der Waals surface area contributed by atoms with Crippen LogP contribution in [0.25, 0.3) is 11.8 Å². The van der Waals surface area contributed by atoms with Gasteiger partial charge in [0, 0.05) is 28.9 Å². The van der Waals surface area contributed by atoms with Crippen molar-refractivity contribution in [2.45, 2.75) is 4.90 Å². The molecule has 0 spiro atoms. The standard InChI is InChI=1S/C19H13N3O3S/c23-19-18(26-17-9-2-1-8-16(17)20-19)12-14-7-4-10-21(14)13-5-3-6-15(11-13)22(24)25/h1-12H,(H,20,23)/b18-12-. The number of thioether (sulfide) groups is 1. The molecule has 1 N–H and O–H groups in total. The first kappa shape index (κ1) is 16.2. The number of benzene rings is 2. The molecule has 128 valence electrons. The summed E-state index contributed by atoms with van der Waals surface area (Å²) in [6.07, 6.45) is 3.60. The van der Waals surface area contributed by atoms with Gasteiger partial charge in [0.15, 0.2) is 0 Å². The van der Waals surface area contributed by atoms with E-state index in [1.54, 1.807) is 18.2 Å². The van der Waals surface area contributed by atoms with Crippen molar-refractivity contribution in [2.75, 3.05) is 5.32 Å². The molecule has 1 aliphatic rings. The Kier molecular flexibility index (Phi) is 4.06. The van der Waals surface area contributed by atoms with E-state index in [4.69, 9.17) is 0 Å². The van der Waals surface area contributed by atoms with Crippen molar-refractivity contribution >= 4 is 35.1 Å². The highest BCUT2D eigenvalue weighted by Crippen LogP contribution is 2.38. The van der Waals surface area contributed by atoms with Crippen molar-refractivity contribution in [2.24, 2.45) is 0 Å². The third-order valence-electron chi connectivity index (χ3n) is 3.96. The van der Waals surface area contributed by atoms with Crippen molar-refractivity contribution in [3.05, 3.63) is 87.6 Å². The van der Waals surface area contributed by atoms with Gasteiger partial charge in [0.2, 0.25) is 0 Å². The van der Waals surface area contributed by atoms with E-state index >= 15 is 0 Å². The lowest BCUT2D eigenvalue weighted by molar-refractivity contribution is -0.384. The SMILES string of the molecule is O=C1Nc2ccccc2S/C1=C\c1cccn1-c1cccc([N+](=O)[O-])c1. The Balaban J connectivity index is 1.72. The Labute approximate surface area is 153 Å². The third-order valence-corrected chi connectivity index (χ3v) is 5.06. The molecule has 2 aromatic carbocycles. The van der Waals surface area contributed by atoms with Crippen LogP contribution in [0.3, 0.4) is 0 Å². The number of nitro groups is 1. The lowest BCUT2D eigenvalue weighted by atomic mass is 10.2. The molecule has 0 radical (unpaired) electrons. The fourth-order valence-corrected chi connectivity index (χ4v) is 3.68. The second-order valence-electron chi connectivity index (χ2n) is 5.64. The first-order chi connectivity index (χ1) is 12.6. The third kappa shape index (κ3) is 3.00. The van der Waals surface area contributed by atoms with E-state index in [0.29, 0.717) is 10.6 Å². The van der Waals surface area contributed by atoms with Crippen LogP contribution in [-0.2, 0) is 4.79 Å². The van der Waals surface area contributed by atoms with E-state index < -0.39 is 4.92 Å². The highest BCUT2D eigenvalue weighted by molar-refractivity contribution is 8.04. The number of para-hydroxylation sites is 1. The molecular weight excluding hydrogens is 350 g/mol. The molecule has 0 unspecified atom stereocenters. The number of aromatic nitrogens is 1. The van der Waals surface area contributed by atoms with Gasteiger partial charge in [-0.25, -0.2) is 0 Å². The predicted octanol–water partition coefficient (Wildman–Crippen LogP) is 4.47. The molecule has 1 aromatic heterocycles. The molecule has 2 heterocycles. The van der Waals surface area contributed by atoms with E-state index in [0.717, 1.165) is 16.3 Å². The molecular formula is C19H13N3O3S. The number of non-ortho nitro benzene ring substituents is 1.